The Balaban J connectivity index is 2.06. The van der Waals surface area contributed by atoms with E-state index >= 15 is 0 Å². The maximum absolute atomic E-state index is 13.2. The zero-order valence-corrected chi connectivity index (χ0v) is 16.8. The highest BCUT2D eigenvalue weighted by atomic mass is 32.2. The minimum absolute atomic E-state index is 0.0932. The van der Waals surface area contributed by atoms with Crippen LogP contribution in [0.5, 0.6) is 0 Å². The van der Waals surface area contributed by atoms with Gasteiger partial charge in [-0.25, -0.2) is 9.78 Å². The molecule has 0 fully saturated rings. The molecule has 0 aliphatic heterocycles. The molecule has 2 aromatic rings. The molecule has 0 bridgehead atoms. The number of thioether (sulfide) groups is 1. The number of amides is 3. The van der Waals surface area contributed by atoms with E-state index in [1.54, 1.807) is 28.9 Å². The first kappa shape index (κ1) is 19.6. The normalized spacial score (nSPS) is 15.0. The molecule has 3 rings (SSSR count). The SMILES string of the molecule is C=CCn1c(S[C@H](C)C(=O)NC(N)=O)nc2sc3c(c2c1=O)CCCCC3. The molecule has 27 heavy (non-hydrogen) atoms. The van der Waals surface area contributed by atoms with E-state index in [-0.39, 0.29) is 5.56 Å². The molecule has 3 amide bonds. The Morgan fingerprint density at radius 2 is 2.15 bits per heavy atom. The number of thiophene rings is 1. The summed E-state index contributed by atoms with van der Waals surface area (Å²) in [7, 11) is 0. The highest BCUT2D eigenvalue weighted by Crippen LogP contribution is 2.34. The minimum Gasteiger partial charge on any atom is -0.351 e. The van der Waals surface area contributed by atoms with Gasteiger partial charge in [0.05, 0.1) is 10.6 Å². The summed E-state index contributed by atoms with van der Waals surface area (Å²) < 4.78 is 1.55. The maximum Gasteiger partial charge on any atom is 0.318 e. The summed E-state index contributed by atoms with van der Waals surface area (Å²) in [6.07, 6.45) is 6.92. The maximum atomic E-state index is 13.2. The van der Waals surface area contributed by atoms with Crippen LogP contribution in [0.15, 0.2) is 22.6 Å². The predicted octanol–water partition coefficient (Wildman–Crippen LogP) is 2.59. The fourth-order valence-electron chi connectivity index (χ4n) is 3.21. The summed E-state index contributed by atoms with van der Waals surface area (Å²) in [5.41, 5.74) is 6.05. The van der Waals surface area contributed by atoms with Crippen molar-refractivity contribution < 1.29 is 9.59 Å². The lowest BCUT2D eigenvalue weighted by Crippen LogP contribution is -2.39. The number of carbonyl (C=O) groups is 2. The van der Waals surface area contributed by atoms with Gasteiger partial charge in [-0.1, -0.05) is 24.3 Å². The van der Waals surface area contributed by atoms with Crippen molar-refractivity contribution in [2.45, 2.75) is 56.0 Å². The van der Waals surface area contributed by atoms with Crippen molar-refractivity contribution in [3.8, 4) is 0 Å². The van der Waals surface area contributed by atoms with Crippen molar-refractivity contribution in [3.63, 3.8) is 0 Å². The Hall–Kier alpha value is -2.13. The molecule has 0 saturated heterocycles. The number of rotatable bonds is 5. The van der Waals surface area contributed by atoms with Gasteiger partial charge < -0.3 is 5.73 Å². The molecule has 9 heteroatoms. The van der Waals surface area contributed by atoms with Crippen LogP contribution in [0.2, 0.25) is 0 Å². The topological polar surface area (TPSA) is 107 Å². The molecule has 0 spiro atoms. The van der Waals surface area contributed by atoms with Gasteiger partial charge in [0.25, 0.3) is 5.56 Å². The molecule has 1 aliphatic carbocycles. The number of nitrogens with one attached hydrogen (secondary N) is 1. The van der Waals surface area contributed by atoms with Crippen molar-refractivity contribution in [2.75, 3.05) is 0 Å². The van der Waals surface area contributed by atoms with Crippen molar-refractivity contribution in [2.24, 2.45) is 5.73 Å². The van der Waals surface area contributed by atoms with Crippen LogP contribution < -0.4 is 16.6 Å². The highest BCUT2D eigenvalue weighted by Gasteiger charge is 2.24. The van der Waals surface area contributed by atoms with Gasteiger partial charge >= 0.3 is 6.03 Å². The molecular weight excluding hydrogens is 384 g/mol. The standard InChI is InChI=1S/C18H22N4O3S2/c1-3-9-22-16(24)13-11-7-5-4-6-8-12(11)27-15(13)21-18(22)26-10(2)14(23)20-17(19)25/h3,10H,1,4-9H2,2H3,(H3,19,20,23,25)/t10-/m1/s1. The number of hydrogen-bond donors (Lipinski definition) is 2. The quantitative estimate of drug-likeness (QED) is 0.343. The van der Waals surface area contributed by atoms with Gasteiger partial charge in [0.15, 0.2) is 5.16 Å². The van der Waals surface area contributed by atoms with Gasteiger partial charge in [0, 0.05) is 11.4 Å². The zero-order valence-electron chi connectivity index (χ0n) is 15.1. The van der Waals surface area contributed by atoms with Gasteiger partial charge in [-0.3, -0.25) is 19.5 Å². The number of nitrogens with zero attached hydrogens (tertiary/aromatic N) is 2. The van der Waals surface area contributed by atoms with E-state index in [0.717, 1.165) is 47.8 Å². The summed E-state index contributed by atoms with van der Waals surface area (Å²) in [5, 5.41) is 2.58. The molecule has 7 nitrogen and oxygen atoms in total. The number of fused-ring (bicyclic) bond motifs is 3. The number of imide groups is 1. The zero-order chi connectivity index (χ0) is 19.6. The first-order valence-corrected chi connectivity index (χ1v) is 10.5. The number of carbonyl (C=O) groups excluding carboxylic acids is 2. The lowest BCUT2D eigenvalue weighted by Gasteiger charge is -2.14. The first-order chi connectivity index (χ1) is 12.9. The molecule has 144 valence electrons. The van der Waals surface area contributed by atoms with Crippen LogP contribution in [0.3, 0.4) is 0 Å². The van der Waals surface area contributed by atoms with E-state index < -0.39 is 17.2 Å². The Kier molecular flexibility index (Phi) is 6.01. The average Bonchev–Trinajstić information content (AvgIpc) is 2.79. The van der Waals surface area contributed by atoms with E-state index in [2.05, 4.69) is 11.9 Å². The van der Waals surface area contributed by atoms with Crippen LogP contribution in [0.4, 0.5) is 4.79 Å². The molecular formula is C18H22N4O3S2. The Morgan fingerprint density at radius 3 is 2.85 bits per heavy atom. The fraction of sp³-hybridized carbons (Fsp3) is 0.444. The van der Waals surface area contributed by atoms with Gasteiger partial charge in [-0.2, -0.15) is 0 Å². The largest absolute Gasteiger partial charge is 0.351 e. The van der Waals surface area contributed by atoms with E-state index in [4.69, 9.17) is 10.7 Å². The Morgan fingerprint density at radius 1 is 1.41 bits per heavy atom. The third kappa shape index (κ3) is 4.08. The summed E-state index contributed by atoms with van der Waals surface area (Å²) in [6.45, 7) is 5.67. The first-order valence-electron chi connectivity index (χ1n) is 8.85. The van der Waals surface area contributed by atoms with E-state index in [9.17, 15) is 14.4 Å². The lowest BCUT2D eigenvalue weighted by atomic mass is 10.1. The number of aryl methyl sites for hydroxylation is 2. The van der Waals surface area contributed by atoms with E-state index in [1.165, 1.54) is 11.3 Å². The minimum atomic E-state index is -0.902. The van der Waals surface area contributed by atoms with Crippen molar-refractivity contribution >= 4 is 45.3 Å². The second-order valence-corrected chi connectivity index (χ2v) is 8.85. The fourth-order valence-corrected chi connectivity index (χ4v) is 5.43. The monoisotopic (exact) mass is 406 g/mol. The van der Waals surface area contributed by atoms with Crippen LogP contribution in [-0.4, -0.2) is 26.7 Å². The van der Waals surface area contributed by atoms with Crippen LogP contribution in [-0.2, 0) is 24.2 Å². The number of aromatic nitrogens is 2. The molecule has 0 unspecified atom stereocenters. The predicted molar refractivity (Wildman–Crippen MR) is 108 cm³/mol. The molecule has 0 aromatic carbocycles. The van der Waals surface area contributed by atoms with Gasteiger partial charge in [-0.15, -0.1) is 17.9 Å². The van der Waals surface area contributed by atoms with Gasteiger partial charge in [-0.05, 0) is 38.2 Å². The summed E-state index contributed by atoms with van der Waals surface area (Å²) in [6, 6.07) is -0.902. The molecule has 3 N–H and O–H groups in total. The summed E-state index contributed by atoms with van der Waals surface area (Å²) in [4.78, 5) is 42.8. The lowest BCUT2D eigenvalue weighted by molar-refractivity contribution is -0.119. The number of urea groups is 1. The average molecular weight is 407 g/mol. The number of nitrogens with two attached hydrogens (primary N) is 1. The van der Waals surface area contributed by atoms with Crippen molar-refractivity contribution in [3.05, 3.63) is 33.4 Å². The smallest absolute Gasteiger partial charge is 0.318 e. The second kappa shape index (κ2) is 8.26. The summed E-state index contributed by atoms with van der Waals surface area (Å²) in [5.74, 6) is -0.519. The number of allylic oxidation sites excluding steroid dienone is 1. The number of hydrogen-bond acceptors (Lipinski definition) is 6. The van der Waals surface area contributed by atoms with E-state index in [1.807, 2.05) is 0 Å². The molecule has 1 atom stereocenters. The third-order valence-electron chi connectivity index (χ3n) is 4.50. The van der Waals surface area contributed by atoms with Crippen LogP contribution in [0.25, 0.3) is 10.2 Å². The molecule has 2 heterocycles. The van der Waals surface area contributed by atoms with Gasteiger partial charge in [0.2, 0.25) is 5.91 Å². The molecule has 0 radical (unpaired) electrons. The molecule has 1 aliphatic rings. The van der Waals surface area contributed by atoms with Gasteiger partial charge in [0.1, 0.15) is 4.83 Å². The van der Waals surface area contributed by atoms with Crippen molar-refractivity contribution in [1.29, 1.82) is 0 Å². The Labute approximate surface area is 165 Å². The van der Waals surface area contributed by atoms with E-state index in [0.29, 0.717) is 17.1 Å². The Bertz CT molecular complexity index is 964. The van der Waals surface area contributed by atoms with Crippen LogP contribution in [0.1, 0.15) is 36.6 Å². The second-order valence-electron chi connectivity index (χ2n) is 6.46. The molecule has 2 aromatic heterocycles. The van der Waals surface area contributed by atoms with Crippen molar-refractivity contribution in [1.82, 2.24) is 14.9 Å². The molecule has 0 saturated carbocycles. The summed E-state index contributed by atoms with van der Waals surface area (Å²) >= 11 is 2.71. The highest BCUT2D eigenvalue weighted by molar-refractivity contribution is 8.00. The van der Waals surface area contributed by atoms with Crippen LogP contribution in [0, 0.1) is 0 Å². The van der Waals surface area contributed by atoms with Crippen LogP contribution >= 0.6 is 23.1 Å². The third-order valence-corrected chi connectivity index (χ3v) is 6.78. The number of primary amides is 1.